The summed E-state index contributed by atoms with van der Waals surface area (Å²) < 4.78 is 28.6. The van der Waals surface area contributed by atoms with Crippen LogP contribution in [0.3, 0.4) is 0 Å². The fourth-order valence-electron chi connectivity index (χ4n) is 0.818. The predicted octanol–water partition coefficient (Wildman–Crippen LogP) is 2.21. The van der Waals surface area contributed by atoms with Crippen molar-refractivity contribution in [2.45, 2.75) is 18.1 Å². The Morgan fingerprint density at radius 1 is 1.46 bits per heavy atom. The molecule has 0 aliphatic carbocycles. The molecule has 0 atom stereocenters. The molecule has 0 aromatic carbocycles. The van der Waals surface area contributed by atoms with Crippen LogP contribution in [0.2, 0.25) is 0 Å². The van der Waals surface area contributed by atoms with E-state index in [0.717, 1.165) is 0 Å². The van der Waals surface area contributed by atoms with Gasteiger partial charge in [-0.1, -0.05) is 11.8 Å². The third-order valence-electron chi connectivity index (χ3n) is 1.32. The Morgan fingerprint density at radius 3 is 2.77 bits per heavy atom. The van der Waals surface area contributed by atoms with Gasteiger partial charge in [-0.2, -0.15) is 14.3 Å². The Morgan fingerprint density at radius 2 is 2.15 bits per heavy atom. The summed E-state index contributed by atoms with van der Waals surface area (Å²) >= 11 is 0.506. The minimum atomic E-state index is -2.38. The van der Waals surface area contributed by atoms with E-state index in [4.69, 9.17) is 9.62 Å². The van der Waals surface area contributed by atoms with E-state index in [2.05, 4.69) is 0 Å². The van der Waals surface area contributed by atoms with Crippen molar-refractivity contribution in [3.63, 3.8) is 0 Å². The van der Waals surface area contributed by atoms with Gasteiger partial charge >= 0.3 is 0 Å². The van der Waals surface area contributed by atoms with Crippen LogP contribution in [0, 0.1) is 0 Å². The molecule has 0 aliphatic rings. The molecule has 0 unspecified atom stereocenters. The highest BCUT2D eigenvalue weighted by Gasteiger charge is 2.06. The molecule has 3 nitrogen and oxygen atoms in total. The lowest BCUT2D eigenvalue weighted by Crippen LogP contribution is -2.04. The number of halogens is 2. The van der Waals surface area contributed by atoms with E-state index in [9.17, 15) is 8.78 Å². The van der Waals surface area contributed by atoms with E-state index in [1.165, 1.54) is 0 Å². The molecule has 13 heavy (non-hydrogen) atoms. The first-order valence-corrected chi connectivity index (χ1v) is 4.61. The highest BCUT2D eigenvalue weighted by atomic mass is 32.2. The first-order valence-electron chi connectivity index (χ1n) is 3.56. The van der Waals surface area contributed by atoms with E-state index < -0.39 is 5.76 Å². The Hall–Kier alpha value is -0.590. The first-order chi connectivity index (χ1) is 6.22. The lowest BCUT2D eigenvalue weighted by Gasteiger charge is -1.96. The average Bonchev–Trinajstić information content (AvgIpc) is 2.50. The van der Waals surface area contributed by atoms with Crippen molar-refractivity contribution in [1.29, 1.82) is 0 Å². The van der Waals surface area contributed by atoms with Gasteiger partial charge in [-0.25, -0.2) is 0 Å². The number of thioether (sulfide) groups is 1. The van der Waals surface area contributed by atoms with Gasteiger partial charge in [0.15, 0.2) is 0 Å². The largest absolute Gasteiger partial charge is 0.464 e. The van der Waals surface area contributed by atoms with Crippen LogP contribution in [0.1, 0.15) is 11.5 Å². The van der Waals surface area contributed by atoms with Gasteiger partial charge in [-0.05, 0) is 12.1 Å². The van der Waals surface area contributed by atoms with Gasteiger partial charge in [0.1, 0.15) is 11.5 Å². The van der Waals surface area contributed by atoms with Crippen LogP contribution in [-0.4, -0.2) is 11.0 Å². The molecule has 74 valence electrons. The molecule has 0 radical (unpaired) electrons. The smallest absolute Gasteiger partial charge is 0.284 e. The number of hydrogen-bond acceptors (Lipinski definition) is 4. The summed E-state index contributed by atoms with van der Waals surface area (Å²) in [5, 5.41) is 8.31. The highest BCUT2D eigenvalue weighted by Crippen LogP contribution is 2.20. The van der Waals surface area contributed by atoms with E-state index in [1.54, 1.807) is 12.1 Å². The van der Waals surface area contributed by atoms with Gasteiger partial charge in [-0.15, -0.1) is 0 Å². The van der Waals surface area contributed by atoms with Gasteiger partial charge in [0, 0.05) is 0 Å². The van der Waals surface area contributed by atoms with Crippen molar-refractivity contribution < 1.29 is 18.4 Å². The molecule has 2 N–H and O–H groups in total. The van der Waals surface area contributed by atoms with E-state index in [0.29, 0.717) is 23.3 Å². The standard InChI is InChI=1S/C7H9F2NO2S/c8-7(9)13-4-6-2-1-5(12-6)3-10-11/h1-2,7,10-11H,3-4H2. The molecule has 0 saturated heterocycles. The molecule has 1 rings (SSSR count). The topological polar surface area (TPSA) is 45.4 Å². The van der Waals surface area contributed by atoms with Crippen molar-refractivity contribution in [1.82, 2.24) is 5.48 Å². The van der Waals surface area contributed by atoms with Crippen molar-refractivity contribution in [2.24, 2.45) is 0 Å². The normalized spacial score (nSPS) is 11.1. The second-order valence-electron chi connectivity index (χ2n) is 2.27. The minimum Gasteiger partial charge on any atom is -0.464 e. The van der Waals surface area contributed by atoms with Crippen molar-refractivity contribution in [3.8, 4) is 0 Å². The van der Waals surface area contributed by atoms with Gasteiger partial charge in [0.05, 0.1) is 12.3 Å². The maximum absolute atomic E-state index is 11.7. The molecule has 0 spiro atoms. The van der Waals surface area contributed by atoms with Crippen LogP contribution in [0.25, 0.3) is 0 Å². The summed E-state index contributed by atoms with van der Waals surface area (Å²) in [5.74, 6) is -1.24. The molecular weight excluding hydrogens is 200 g/mol. The van der Waals surface area contributed by atoms with E-state index in [1.807, 2.05) is 5.48 Å². The Bertz CT molecular complexity index is 254. The second kappa shape index (κ2) is 5.21. The van der Waals surface area contributed by atoms with Crippen LogP contribution in [0.15, 0.2) is 16.5 Å². The molecular formula is C7H9F2NO2S. The molecule has 1 aromatic heterocycles. The molecule has 0 bridgehead atoms. The molecule has 6 heteroatoms. The quantitative estimate of drug-likeness (QED) is 0.730. The van der Waals surface area contributed by atoms with Gasteiger partial charge in [0.25, 0.3) is 5.76 Å². The van der Waals surface area contributed by atoms with Crippen molar-refractivity contribution in [3.05, 3.63) is 23.7 Å². The molecule has 1 aromatic rings. The fourth-order valence-corrected chi connectivity index (χ4v) is 1.26. The number of rotatable bonds is 5. The number of hydrogen-bond donors (Lipinski definition) is 2. The van der Waals surface area contributed by atoms with Crippen LogP contribution in [0.5, 0.6) is 0 Å². The predicted molar refractivity (Wildman–Crippen MR) is 44.6 cm³/mol. The lowest BCUT2D eigenvalue weighted by atomic mass is 10.4. The van der Waals surface area contributed by atoms with Crippen LogP contribution in [-0.2, 0) is 12.3 Å². The minimum absolute atomic E-state index is 0.142. The SMILES string of the molecule is ONCc1ccc(CSC(F)F)o1. The Labute approximate surface area is 78.1 Å². The summed E-state index contributed by atoms with van der Waals surface area (Å²) in [6, 6.07) is 3.24. The van der Waals surface area contributed by atoms with Gasteiger partial charge < -0.3 is 9.62 Å². The number of nitrogens with one attached hydrogen (secondary N) is 1. The highest BCUT2D eigenvalue weighted by molar-refractivity contribution is 7.98. The van der Waals surface area contributed by atoms with Gasteiger partial charge in [0.2, 0.25) is 0 Å². The summed E-state index contributed by atoms with van der Waals surface area (Å²) in [6.07, 6.45) is 0. The fraction of sp³-hybridized carbons (Fsp3) is 0.429. The maximum atomic E-state index is 11.7. The number of hydroxylamine groups is 1. The summed E-state index contributed by atoms with van der Waals surface area (Å²) in [5.41, 5.74) is 1.91. The molecule has 0 saturated carbocycles. The van der Waals surface area contributed by atoms with Crippen LogP contribution < -0.4 is 5.48 Å². The number of furan rings is 1. The van der Waals surface area contributed by atoms with Gasteiger partial charge in [-0.3, -0.25) is 0 Å². The Kier molecular flexibility index (Phi) is 4.20. The zero-order chi connectivity index (χ0) is 9.68. The van der Waals surface area contributed by atoms with Crippen molar-refractivity contribution >= 4 is 11.8 Å². The van der Waals surface area contributed by atoms with E-state index in [-0.39, 0.29) is 12.3 Å². The zero-order valence-corrected chi connectivity index (χ0v) is 7.48. The third-order valence-corrected chi connectivity index (χ3v) is 2.03. The van der Waals surface area contributed by atoms with Crippen LogP contribution >= 0.6 is 11.8 Å². The zero-order valence-electron chi connectivity index (χ0n) is 6.67. The monoisotopic (exact) mass is 209 g/mol. The van der Waals surface area contributed by atoms with Crippen LogP contribution in [0.4, 0.5) is 8.78 Å². The summed E-state index contributed by atoms with van der Waals surface area (Å²) in [4.78, 5) is 0. The van der Waals surface area contributed by atoms with E-state index >= 15 is 0 Å². The lowest BCUT2D eigenvalue weighted by molar-refractivity contribution is 0.153. The number of alkyl halides is 2. The Balaban J connectivity index is 2.39. The molecule has 1 heterocycles. The molecule has 0 amide bonds. The molecule has 0 aliphatic heterocycles. The second-order valence-corrected chi connectivity index (χ2v) is 3.25. The average molecular weight is 209 g/mol. The maximum Gasteiger partial charge on any atom is 0.284 e. The van der Waals surface area contributed by atoms with Crippen molar-refractivity contribution in [2.75, 3.05) is 0 Å². The third kappa shape index (κ3) is 3.75. The summed E-state index contributed by atoms with van der Waals surface area (Å²) in [6.45, 7) is 0.180. The summed E-state index contributed by atoms with van der Waals surface area (Å²) in [7, 11) is 0. The first kappa shape index (κ1) is 10.5. The molecule has 0 fully saturated rings.